The molecule has 0 aliphatic heterocycles. The van der Waals surface area contributed by atoms with Crippen LogP contribution < -0.4 is 5.32 Å². The minimum atomic E-state index is -2.83. The van der Waals surface area contributed by atoms with Crippen LogP contribution >= 0.6 is 0 Å². The highest BCUT2D eigenvalue weighted by atomic mass is 32.2. The third-order valence-electron chi connectivity index (χ3n) is 1.80. The zero-order valence-corrected chi connectivity index (χ0v) is 9.81. The van der Waals surface area contributed by atoms with Crippen LogP contribution in [0.2, 0.25) is 0 Å². The first-order valence-corrected chi connectivity index (χ1v) is 6.69. The van der Waals surface area contributed by atoms with E-state index in [1.807, 2.05) is 11.9 Å². The Morgan fingerprint density at radius 2 is 2.07 bits per heavy atom. The van der Waals surface area contributed by atoms with E-state index in [9.17, 15) is 8.42 Å². The lowest BCUT2D eigenvalue weighted by Gasteiger charge is -2.15. The van der Waals surface area contributed by atoms with E-state index in [4.69, 9.17) is 0 Å². The summed E-state index contributed by atoms with van der Waals surface area (Å²) in [5.41, 5.74) is 0. The fourth-order valence-corrected chi connectivity index (χ4v) is 1.55. The van der Waals surface area contributed by atoms with Crippen LogP contribution in [0.3, 0.4) is 0 Å². The number of nitrogens with one attached hydrogen (secondary N) is 1. The summed E-state index contributed by atoms with van der Waals surface area (Å²) < 4.78 is 21.7. The maximum absolute atomic E-state index is 10.9. The fourth-order valence-electron chi connectivity index (χ4n) is 0.908. The van der Waals surface area contributed by atoms with Crippen molar-refractivity contribution >= 4 is 9.84 Å². The Morgan fingerprint density at radius 1 is 1.43 bits per heavy atom. The average molecular weight is 220 g/mol. The van der Waals surface area contributed by atoms with Crippen molar-refractivity contribution < 1.29 is 8.42 Å². The number of sulfone groups is 1. The minimum absolute atomic E-state index is 0.227. The quantitative estimate of drug-likeness (QED) is 0.452. The molecule has 0 atom stereocenters. The fraction of sp³-hybridized carbons (Fsp3) is 0.778. The zero-order valence-electron chi connectivity index (χ0n) is 8.99. The molecule has 4 nitrogen and oxygen atoms in total. The molecule has 0 aromatic carbocycles. The summed E-state index contributed by atoms with van der Waals surface area (Å²) in [6, 6.07) is 0. The summed E-state index contributed by atoms with van der Waals surface area (Å²) >= 11 is 0. The Balaban J connectivity index is 3.46. The largest absolute Gasteiger partial charge is 0.312 e. The van der Waals surface area contributed by atoms with E-state index in [1.54, 1.807) is 6.08 Å². The van der Waals surface area contributed by atoms with E-state index in [0.29, 0.717) is 6.54 Å². The Bertz CT molecular complexity index is 250. The second kappa shape index (κ2) is 6.98. The van der Waals surface area contributed by atoms with Crippen molar-refractivity contribution in [1.82, 2.24) is 10.2 Å². The molecule has 14 heavy (non-hydrogen) atoms. The molecular weight excluding hydrogens is 200 g/mol. The van der Waals surface area contributed by atoms with E-state index in [1.165, 1.54) is 6.26 Å². The zero-order chi connectivity index (χ0) is 11.0. The first-order chi connectivity index (χ1) is 6.45. The van der Waals surface area contributed by atoms with E-state index in [0.717, 1.165) is 19.6 Å². The molecule has 1 N–H and O–H groups in total. The second-order valence-corrected chi connectivity index (χ2v) is 5.69. The topological polar surface area (TPSA) is 49.4 Å². The van der Waals surface area contributed by atoms with Gasteiger partial charge in [0.05, 0.1) is 5.75 Å². The average Bonchev–Trinajstić information content (AvgIpc) is 2.08. The van der Waals surface area contributed by atoms with Gasteiger partial charge in [0.15, 0.2) is 0 Å². The van der Waals surface area contributed by atoms with E-state index in [2.05, 4.69) is 11.9 Å². The van der Waals surface area contributed by atoms with Crippen LogP contribution in [0.5, 0.6) is 0 Å². The molecule has 0 aliphatic rings. The van der Waals surface area contributed by atoms with Gasteiger partial charge in [-0.1, -0.05) is 6.08 Å². The summed E-state index contributed by atoms with van der Waals surface area (Å²) in [4.78, 5) is 2.00. The normalized spacial score (nSPS) is 11.9. The summed E-state index contributed by atoms with van der Waals surface area (Å²) in [7, 11) is -0.915. The van der Waals surface area contributed by atoms with Crippen molar-refractivity contribution in [3.63, 3.8) is 0 Å². The Hall–Kier alpha value is -0.390. The predicted molar refractivity (Wildman–Crippen MR) is 60.3 cm³/mol. The van der Waals surface area contributed by atoms with Gasteiger partial charge < -0.3 is 10.2 Å². The SMILES string of the molecule is C=CCNCCN(C)CCS(C)(=O)=O. The lowest BCUT2D eigenvalue weighted by atomic mass is 10.5. The van der Waals surface area contributed by atoms with Gasteiger partial charge in [-0.2, -0.15) is 0 Å². The Morgan fingerprint density at radius 3 is 2.57 bits per heavy atom. The number of hydrogen-bond donors (Lipinski definition) is 1. The highest BCUT2D eigenvalue weighted by Crippen LogP contribution is 1.86. The number of rotatable bonds is 8. The highest BCUT2D eigenvalue weighted by Gasteiger charge is 2.04. The molecule has 0 bridgehead atoms. The van der Waals surface area contributed by atoms with Gasteiger partial charge in [-0.15, -0.1) is 6.58 Å². The lowest BCUT2D eigenvalue weighted by Crippen LogP contribution is -2.32. The first-order valence-electron chi connectivity index (χ1n) is 4.63. The summed E-state index contributed by atoms with van der Waals surface area (Å²) in [6.07, 6.45) is 3.06. The molecule has 0 rings (SSSR count). The molecule has 0 unspecified atom stereocenters. The molecule has 0 spiro atoms. The minimum Gasteiger partial charge on any atom is -0.312 e. The lowest BCUT2D eigenvalue weighted by molar-refractivity contribution is 0.352. The standard InChI is InChI=1S/C9H20N2O2S/c1-4-5-10-6-7-11(2)8-9-14(3,12)13/h4,10H,1,5-9H2,2-3H3. The molecule has 5 heteroatoms. The molecule has 0 fully saturated rings. The maximum atomic E-state index is 10.9. The van der Waals surface area contributed by atoms with Gasteiger partial charge in [-0.05, 0) is 7.05 Å². The molecule has 0 aromatic heterocycles. The third kappa shape index (κ3) is 9.70. The van der Waals surface area contributed by atoms with Crippen molar-refractivity contribution in [2.45, 2.75) is 0 Å². The molecule has 0 radical (unpaired) electrons. The van der Waals surface area contributed by atoms with Gasteiger partial charge in [0, 0.05) is 32.4 Å². The Kier molecular flexibility index (Phi) is 6.78. The maximum Gasteiger partial charge on any atom is 0.148 e. The van der Waals surface area contributed by atoms with E-state index in [-0.39, 0.29) is 5.75 Å². The summed E-state index contributed by atoms with van der Waals surface area (Å²) in [5.74, 6) is 0.227. The monoisotopic (exact) mass is 220 g/mol. The van der Waals surface area contributed by atoms with Crippen molar-refractivity contribution in [2.24, 2.45) is 0 Å². The number of likely N-dealkylation sites (N-methyl/N-ethyl adjacent to an activating group) is 1. The van der Waals surface area contributed by atoms with Crippen molar-refractivity contribution in [3.05, 3.63) is 12.7 Å². The second-order valence-electron chi connectivity index (χ2n) is 3.43. The molecule has 0 aliphatic carbocycles. The van der Waals surface area contributed by atoms with Gasteiger partial charge in [0.1, 0.15) is 9.84 Å². The van der Waals surface area contributed by atoms with Crippen LogP contribution in [0.25, 0.3) is 0 Å². The van der Waals surface area contributed by atoms with Gasteiger partial charge in [0.2, 0.25) is 0 Å². The predicted octanol–water partition coefficient (Wildman–Crippen LogP) is -0.262. The molecule has 0 amide bonds. The summed E-state index contributed by atoms with van der Waals surface area (Å²) in [5, 5.41) is 3.15. The third-order valence-corrected chi connectivity index (χ3v) is 2.73. The van der Waals surface area contributed by atoms with Gasteiger partial charge >= 0.3 is 0 Å². The molecule has 0 saturated carbocycles. The van der Waals surface area contributed by atoms with Crippen LogP contribution in [0.4, 0.5) is 0 Å². The van der Waals surface area contributed by atoms with Crippen molar-refractivity contribution in [2.75, 3.05) is 45.2 Å². The van der Waals surface area contributed by atoms with Crippen LogP contribution in [0.1, 0.15) is 0 Å². The van der Waals surface area contributed by atoms with E-state index >= 15 is 0 Å². The van der Waals surface area contributed by atoms with E-state index < -0.39 is 9.84 Å². The van der Waals surface area contributed by atoms with Crippen LogP contribution in [0.15, 0.2) is 12.7 Å². The number of hydrogen-bond acceptors (Lipinski definition) is 4. The van der Waals surface area contributed by atoms with Gasteiger partial charge in [-0.25, -0.2) is 8.42 Å². The number of nitrogens with zero attached hydrogens (tertiary/aromatic N) is 1. The first kappa shape index (κ1) is 13.6. The van der Waals surface area contributed by atoms with Crippen LogP contribution in [0, 0.1) is 0 Å². The molecular formula is C9H20N2O2S. The smallest absolute Gasteiger partial charge is 0.148 e. The molecule has 0 heterocycles. The summed E-state index contributed by atoms with van der Waals surface area (Å²) in [6.45, 7) is 6.68. The highest BCUT2D eigenvalue weighted by molar-refractivity contribution is 7.90. The van der Waals surface area contributed by atoms with Crippen LogP contribution in [-0.4, -0.2) is 58.6 Å². The molecule has 0 aromatic rings. The van der Waals surface area contributed by atoms with Crippen molar-refractivity contribution in [3.8, 4) is 0 Å². The van der Waals surface area contributed by atoms with Gasteiger partial charge in [-0.3, -0.25) is 0 Å². The van der Waals surface area contributed by atoms with Gasteiger partial charge in [0.25, 0.3) is 0 Å². The molecule has 0 saturated heterocycles. The molecule has 84 valence electrons. The van der Waals surface area contributed by atoms with Crippen molar-refractivity contribution in [1.29, 1.82) is 0 Å². The van der Waals surface area contributed by atoms with Crippen LogP contribution in [-0.2, 0) is 9.84 Å². The Labute approximate surface area is 86.9 Å².